The van der Waals surface area contributed by atoms with E-state index in [1.165, 1.54) is 177 Å². The van der Waals surface area contributed by atoms with Crippen LogP contribution in [0.4, 0.5) is 34.1 Å². The molecule has 119 heavy (non-hydrogen) atoms. The molecule has 0 bridgehead atoms. The number of anilines is 6. The fourth-order valence-electron chi connectivity index (χ4n) is 18.7. The number of aryl methyl sites for hydroxylation is 2. The van der Waals surface area contributed by atoms with Crippen LogP contribution in [0.2, 0.25) is 0 Å². The van der Waals surface area contributed by atoms with Crippen molar-refractivity contribution in [3.8, 4) is 44.9 Å². The van der Waals surface area contributed by atoms with Gasteiger partial charge in [-0.2, -0.15) is 42.5 Å². The topological polar surface area (TPSA) is 43.4 Å². The van der Waals surface area contributed by atoms with Gasteiger partial charge in [-0.1, -0.05) is 275 Å². The molecule has 2 aliphatic heterocycles. The van der Waals surface area contributed by atoms with Crippen LogP contribution in [0.5, 0.6) is 11.5 Å². The van der Waals surface area contributed by atoms with E-state index in [0.717, 1.165) is 114 Å². The Hall–Kier alpha value is -5.23. The second kappa shape index (κ2) is 50.7. The maximum absolute atomic E-state index is 6.20. The Kier molecular flexibility index (Phi) is 42.9. The molecule has 2 heterocycles. The number of unbranched alkanes of at least 4 members (excludes halogenated alkanes) is 4. The summed E-state index contributed by atoms with van der Waals surface area (Å²) < 4.78 is 26.0. The van der Waals surface area contributed by atoms with Gasteiger partial charge in [0.05, 0.1) is 13.2 Å². The first-order chi connectivity index (χ1) is 55.7. The van der Waals surface area contributed by atoms with Crippen LogP contribution in [0.1, 0.15) is 263 Å². The van der Waals surface area contributed by atoms with Gasteiger partial charge in [0.2, 0.25) is 0 Å². The molecule has 6 atom stereocenters. The Morgan fingerprint density at radius 3 is 1.15 bits per heavy atom. The zero-order chi connectivity index (χ0) is 79.8. The quantitative estimate of drug-likeness (QED) is 0.0291. The van der Waals surface area contributed by atoms with Crippen molar-refractivity contribution in [1.82, 2.24) is 0 Å². The van der Waals surface area contributed by atoms with Crippen LogP contribution >= 0.6 is 31.9 Å². The second-order valence-corrected chi connectivity index (χ2v) is 35.1. The van der Waals surface area contributed by atoms with Crippen molar-refractivity contribution in [1.29, 1.82) is 0 Å². The first kappa shape index (κ1) is 101. The molecule has 6 nitrogen and oxygen atoms in total. The van der Waals surface area contributed by atoms with Crippen molar-refractivity contribution < 1.29 is 52.9 Å². The maximum Gasteiger partial charge on any atom is 2.00 e. The summed E-state index contributed by atoms with van der Waals surface area (Å²) in [6.45, 7) is 25.0. The minimum atomic E-state index is -0.156. The van der Waals surface area contributed by atoms with E-state index in [-0.39, 0.29) is 111 Å². The van der Waals surface area contributed by atoms with E-state index in [2.05, 4.69) is 317 Å². The monoisotopic (exact) mass is 1870 g/mol. The van der Waals surface area contributed by atoms with E-state index in [0.29, 0.717) is 11.8 Å². The summed E-state index contributed by atoms with van der Waals surface area (Å²) in [4.78, 5) is 4.56. The van der Waals surface area contributed by atoms with E-state index < -0.39 is 0 Å². The van der Waals surface area contributed by atoms with Gasteiger partial charge in [0.25, 0.3) is 0 Å². The van der Waals surface area contributed by atoms with Crippen molar-refractivity contribution in [3.05, 3.63) is 273 Å². The molecule has 2 fully saturated rings. The van der Waals surface area contributed by atoms with Gasteiger partial charge in [0.1, 0.15) is 11.5 Å². The Morgan fingerprint density at radius 1 is 0.378 bits per heavy atom. The summed E-state index contributed by atoms with van der Waals surface area (Å²) in [6, 6.07) is 86.1. The summed E-state index contributed by atoms with van der Waals surface area (Å²) >= 11 is 7.32. The van der Waals surface area contributed by atoms with Crippen LogP contribution in [0.3, 0.4) is 0 Å². The molecule has 626 valence electrons. The molecule has 0 aromatic heterocycles. The van der Waals surface area contributed by atoms with Crippen LogP contribution in [0, 0.1) is 49.7 Å². The third kappa shape index (κ3) is 26.0. The molecule has 0 N–H and O–H groups in total. The maximum atomic E-state index is 6.20. The van der Waals surface area contributed by atoms with Gasteiger partial charge in [0.15, 0.2) is 12.6 Å². The predicted molar refractivity (Wildman–Crippen MR) is 507 cm³/mol. The molecule has 0 amide bonds. The van der Waals surface area contributed by atoms with E-state index in [1.54, 1.807) is 22.3 Å². The Labute approximate surface area is 788 Å². The smallest absolute Gasteiger partial charge is 1.00 e. The Morgan fingerprint density at radius 2 is 0.723 bits per heavy atom. The van der Waals surface area contributed by atoms with Crippen LogP contribution in [0.25, 0.3) is 33.4 Å². The van der Waals surface area contributed by atoms with Gasteiger partial charge >= 0.3 is 46.1 Å². The molecule has 0 saturated carbocycles. The summed E-state index contributed by atoms with van der Waals surface area (Å²) in [7, 11) is 0. The number of rotatable bonds is 35. The summed E-state index contributed by atoms with van der Waals surface area (Å²) in [5.74, 6) is 4.68. The van der Waals surface area contributed by atoms with Crippen LogP contribution < -0.4 is 53.2 Å². The molecule has 0 spiro atoms. The molecule has 10 aromatic carbocycles. The Balaban J connectivity index is 0.000000266. The molecule has 14 rings (SSSR count). The molecule has 4 aliphatic rings. The summed E-state index contributed by atoms with van der Waals surface area (Å²) in [5.41, 5.74) is 24.1. The summed E-state index contributed by atoms with van der Waals surface area (Å²) in [5, 5.41) is 0. The van der Waals surface area contributed by atoms with Gasteiger partial charge in [-0.25, -0.2) is 0 Å². The third-order valence-electron chi connectivity index (χ3n) is 25.2. The largest absolute Gasteiger partial charge is 2.00 e. The number of hydrogen-bond acceptors (Lipinski definition) is 6. The van der Waals surface area contributed by atoms with Crippen molar-refractivity contribution >= 4 is 112 Å². The van der Waals surface area contributed by atoms with Gasteiger partial charge in [-0.05, 0) is 254 Å². The summed E-state index contributed by atoms with van der Waals surface area (Å²) in [6.07, 6.45) is 32.0. The first-order valence-electron chi connectivity index (χ1n) is 44.1. The standard InChI is InChI=1S/C54H67NO2.C29H40Br.C23H21BrNO2.CH4.2BrH.2Mg/c1-7-11-15-41(9-3)37-54(38-42(10-4)16-12-8-2)51-35-40(6)20-32-49(51)50-33-23-44(36-52(50)54)43-21-26-46(27-22-43)55(45-24-18-39(5)19-25-45)47-28-30-48(31-29-47)57-53-17-13-14-34-56-53;1-5-9-13-22(7-3)20-29(21-23(8-4)14-10-6-2)27-16-12-11-15-25(27)26-18-17-24(30)19-28(26)29;24-18-9-11-20(12-10-18)25(19-6-2-1-3-7-19)21-13-15-22(16-14-21)27-23-8-4-5-17-26-23;;;;;/h18-33,35-36,41-42,53H,7-17,34,37-38H2,1-6H3;11,15-19,22-23H,5-10,13-14,20-21H2,1-4H3;2-3,6-7,9-16,23H,4-5,8,17H2;1H4;2*1H;;/q;2*-1;;;;2*+2/p-2. The zero-order valence-corrected chi connectivity index (χ0v) is 81.7. The molecule has 12 heteroatoms. The molecule has 2 aliphatic carbocycles. The van der Waals surface area contributed by atoms with E-state index in [1.807, 2.05) is 24.3 Å². The molecular formula is C107H132Br4Mg2N2O4. The van der Waals surface area contributed by atoms with Crippen molar-refractivity contribution in [2.45, 2.75) is 267 Å². The zero-order valence-electron chi connectivity index (χ0n) is 72.5. The Bertz CT molecular complexity index is 4540. The van der Waals surface area contributed by atoms with Gasteiger partial charge in [-0.3, -0.25) is 0 Å². The van der Waals surface area contributed by atoms with Gasteiger partial charge in [0, 0.05) is 55.6 Å². The minimum Gasteiger partial charge on any atom is -1.00 e. The average molecular weight is 1880 g/mol. The van der Waals surface area contributed by atoms with Crippen molar-refractivity contribution in [2.24, 2.45) is 23.7 Å². The van der Waals surface area contributed by atoms with Crippen LogP contribution in [-0.2, 0) is 20.3 Å². The van der Waals surface area contributed by atoms with Crippen molar-refractivity contribution in [2.75, 3.05) is 23.0 Å². The third-order valence-corrected chi connectivity index (χ3v) is 26.2. The van der Waals surface area contributed by atoms with E-state index >= 15 is 0 Å². The normalized spacial score (nSPS) is 17.5. The number of benzene rings is 10. The minimum absolute atomic E-state index is 0. The molecule has 10 aromatic rings. The average Bonchev–Trinajstić information content (AvgIpc) is 1.56. The number of hydrogen-bond donors (Lipinski definition) is 0. The van der Waals surface area contributed by atoms with Crippen LogP contribution in [0.15, 0.2) is 227 Å². The van der Waals surface area contributed by atoms with Crippen LogP contribution in [-0.4, -0.2) is 71.9 Å². The predicted octanol–water partition coefficient (Wildman–Crippen LogP) is 26.1. The first-order valence-corrected chi connectivity index (χ1v) is 45.7. The van der Waals surface area contributed by atoms with E-state index in [4.69, 9.17) is 18.9 Å². The number of ether oxygens (including phenoxy) is 4. The molecule has 2 saturated heterocycles. The molecule has 0 radical (unpaired) electrons. The second-order valence-electron chi connectivity index (χ2n) is 33.2. The van der Waals surface area contributed by atoms with Crippen molar-refractivity contribution in [3.63, 3.8) is 0 Å². The van der Waals surface area contributed by atoms with Gasteiger partial charge in [-0.15, -0.1) is 23.3 Å². The van der Waals surface area contributed by atoms with Gasteiger partial charge < -0.3 is 62.7 Å². The SMILES string of the molecule is Brc1ccc(N(c2cc[c-]cc2)c2ccc(OC3CCCCO3)cc2)cc1.C.CCCCC(CC)CC1(CC(CC)CCCC)c2c[c-]ccc2-c2ccc(Br)cc21.CCCCC(CC)CC1(CC(CC)CCCC)c2cc(C)ccc2-c2ccc(-c3ccc(N(c4ccc(C)cc4)c4ccc(OC5CCCCO5)cc4)cc3)cc21.[Br-].[Br-].[Mg+2].[Mg+2]. The fraction of sp³-hybridized carbons (Fsp3) is 0.439. The number of halogens is 4. The number of nitrogens with zero attached hydrogens (tertiary/aromatic N) is 2. The van der Waals surface area contributed by atoms with E-state index in [9.17, 15) is 0 Å². The number of fused-ring (bicyclic) bond motifs is 6. The fourth-order valence-corrected chi connectivity index (χ4v) is 19.3. The molecular weight excluding hydrogens is 1750 g/mol. The molecule has 6 unspecified atom stereocenters.